The molecule has 0 saturated carbocycles. The number of aryl methyl sites for hydroxylation is 2. The van der Waals surface area contributed by atoms with Gasteiger partial charge in [0.15, 0.2) is 24.7 Å². The van der Waals surface area contributed by atoms with Crippen molar-refractivity contribution in [3.05, 3.63) is 82.9 Å². The summed E-state index contributed by atoms with van der Waals surface area (Å²) in [7, 11) is 3.22. The Morgan fingerprint density at radius 1 is 0.750 bits per heavy atom. The number of carbonyl (C=O) groups excluding carboxylic acids is 6. The molecule has 52 heavy (non-hydrogen) atoms. The summed E-state index contributed by atoms with van der Waals surface area (Å²) in [5.41, 5.74) is 2.18. The Bertz CT molecular complexity index is 1830. The van der Waals surface area contributed by atoms with Crippen LogP contribution in [0.25, 0.3) is 0 Å². The zero-order valence-corrected chi connectivity index (χ0v) is 29.2. The molecule has 14 heteroatoms. The Balaban J connectivity index is 0.973. The molecule has 0 spiro atoms. The first-order valence-electron chi connectivity index (χ1n) is 17.1. The molecule has 0 aliphatic carbocycles. The molecule has 3 aromatic carbocycles. The molecule has 0 aromatic heterocycles. The number of carbonyl (C=O) groups is 6. The lowest BCUT2D eigenvalue weighted by molar-refractivity contribution is -0.136. The van der Waals surface area contributed by atoms with E-state index in [1.807, 2.05) is 42.5 Å². The maximum Gasteiger partial charge on any atom is 0.266 e. The number of benzene rings is 3. The van der Waals surface area contributed by atoms with E-state index < -0.39 is 42.2 Å². The summed E-state index contributed by atoms with van der Waals surface area (Å²) in [4.78, 5) is 75.7. The summed E-state index contributed by atoms with van der Waals surface area (Å²) in [5, 5.41) is 7.71. The summed E-state index contributed by atoms with van der Waals surface area (Å²) < 4.78 is 22.1. The molecule has 1 saturated heterocycles. The molecule has 1 atom stereocenters. The Hall–Kier alpha value is -5.92. The van der Waals surface area contributed by atoms with E-state index in [-0.39, 0.29) is 42.2 Å². The molecule has 3 aromatic rings. The number of hydrogen-bond acceptors (Lipinski definition) is 10. The molecule has 2 heterocycles. The van der Waals surface area contributed by atoms with Crippen molar-refractivity contribution < 1.29 is 47.7 Å². The number of fused-ring (bicyclic) bond motifs is 1. The topological polar surface area (TPSA) is 179 Å². The number of rotatable bonds is 18. The molecular weight excluding hydrogens is 672 g/mol. The number of methoxy groups -OCH3 is 2. The van der Waals surface area contributed by atoms with Crippen molar-refractivity contribution in [1.29, 1.82) is 0 Å². The van der Waals surface area contributed by atoms with Gasteiger partial charge < -0.3 is 29.6 Å². The molecule has 14 nitrogen and oxygen atoms in total. The first-order chi connectivity index (χ1) is 25.2. The van der Waals surface area contributed by atoms with Crippen molar-refractivity contribution in [3.8, 4) is 23.0 Å². The average molecular weight is 715 g/mol. The van der Waals surface area contributed by atoms with Crippen LogP contribution in [-0.4, -0.2) is 86.9 Å². The highest BCUT2D eigenvalue weighted by Gasteiger charge is 2.46. The minimum absolute atomic E-state index is 0.00806. The number of hydrogen-bond donors (Lipinski definition) is 3. The molecule has 274 valence electrons. The van der Waals surface area contributed by atoms with Crippen LogP contribution in [0.3, 0.4) is 0 Å². The van der Waals surface area contributed by atoms with Gasteiger partial charge in [0.2, 0.25) is 11.8 Å². The summed E-state index contributed by atoms with van der Waals surface area (Å²) >= 11 is 0. The monoisotopic (exact) mass is 714 g/mol. The SMILES string of the molecule is COc1ccc(CCCc2ccccc2OCC(=O)NCCCCNC(=O)COc2cccc3c2C(=O)N(C2CCC(=O)NC2=O)C3=O)cc1OC. The number of piperidine rings is 1. The highest BCUT2D eigenvalue weighted by Crippen LogP contribution is 2.34. The van der Waals surface area contributed by atoms with Gasteiger partial charge in [0, 0.05) is 19.5 Å². The van der Waals surface area contributed by atoms with Crippen LogP contribution in [0.4, 0.5) is 0 Å². The smallest absolute Gasteiger partial charge is 0.266 e. The Morgan fingerprint density at radius 2 is 1.42 bits per heavy atom. The van der Waals surface area contributed by atoms with E-state index in [4.69, 9.17) is 18.9 Å². The molecule has 0 bridgehead atoms. The zero-order chi connectivity index (χ0) is 37.0. The Labute approximate surface area is 301 Å². The van der Waals surface area contributed by atoms with Gasteiger partial charge in [-0.15, -0.1) is 0 Å². The number of unbranched alkanes of at least 4 members (excludes halogenated alkanes) is 1. The van der Waals surface area contributed by atoms with Crippen LogP contribution in [0.1, 0.15) is 63.9 Å². The first kappa shape index (κ1) is 37.3. The quantitative estimate of drug-likeness (QED) is 0.131. The Morgan fingerprint density at radius 3 is 2.12 bits per heavy atom. The van der Waals surface area contributed by atoms with E-state index in [1.165, 1.54) is 18.2 Å². The van der Waals surface area contributed by atoms with Gasteiger partial charge in [-0.2, -0.15) is 0 Å². The van der Waals surface area contributed by atoms with Crippen LogP contribution in [0.2, 0.25) is 0 Å². The molecule has 3 N–H and O–H groups in total. The maximum atomic E-state index is 13.2. The first-order valence-corrected chi connectivity index (χ1v) is 17.1. The molecule has 2 aliphatic rings. The second-order valence-corrected chi connectivity index (χ2v) is 12.3. The Kier molecular flexibility index (Phi) is 12.8. The third-order valence-corrected chi connectivity index (χ3v) is 8.73. The van der Waals surface area contributed by atoms with E-state index in [1.54, 1.807) is 14.2 Å². The number of nitrogens with zero attached hydrogens (tertiary/aromatic N) is 1. The lowest BCUT2D eigenvalue weighted by Crippen LogP contribution is -2.54. The minimum atomic E-state index is -1.10. The summed E-state index contributed by atoms with van der Waals surface area (Å²) in [6.07, 6.45) is 3.73. The van der Waals surface area contributed by atoms with Gasteiger partial charge in [-0.3, -0.25) is 39.0 Å². The molecule has 1 unspecified atom stereocenters. The number of ether oxygens (including phenoxy) is 4. The number of para-hydroxylation sites is 1. The van der Waals surface area contributed by atoms with Gasteiger partial charge >= 0.3 is 0 Å². The van der Waals surface area contributed by atoms with Crippen LogP contribution in [0.5, 0.6) is 23.0 Å². The van der Waals surface area contributed by atoms with E-state index >= 15 is 0 Å². The second-order valence-electron chi connectivity index (χ2n) is 12.3. The second kappa shape index (κ2) is 17.8. The van der Waals surface area contributed by atoms with E-state index in [2.05, 4.69) is 16.0 Å². The van der Waals surface area contributed by atoms with Crippen molar-refractivity contribution >= 4 is 35.4 Å². The van der Waals surface area contributed by atoms with Gasteiger partial charge in [-0.1, -0.05) is 30.3 Å². The maximum absolute atomic E-state index is 13.2. The predicted molar refractivity (Wildman–Crippen MR) is 187 cm³/mol. The molecule has 6 amide bonds. The highest BCUT2D eigenvalue weighted by molar-refractivity contribution is 6.24. The third kappa shape index (κ3) is 9.24. The number of imide groups is 2. The highest BCUT2D eigenvalue weighted by atomic mass is 16.5. The van der Waals surface area contributed by atoms with E-state index in [0.29, 0.717) is 43.2 Å². The van der Waals surface area contributed by atoms with Crippen molar-refractivity contribution in [2.75, 3.05) is 40.5 Å². The summed E-state index contributed by atoms with van der Waals surface area (Å²) in [6, 6.07) is 16.9. The van der Waals surface area contributed by atoms with Crippen molar-refractivity contribution in [2.24, 2.45) is 0 Å². The average Bonchev–Trinajstić information content (AvgIpc) is 3.40. The van der Waals surface area contributed by atoms with Crippen LogP contribution < -0.4 is 34.9 Å². The summed E-state index contributed by atoms with van der Waals surface area (Å²) in [5.74, 6) is -1.15. The van der Waals surface area contributed by atoms with Crippen molar-refractivity contribution in [2.45, 2.75) is 51.0 Å². The van der Waals surface area contributed by atoms with Gasteiger partial charge in [-0.25, -0.2) is 0 Å². The van der Waals surface area contributed by atoms with Crippen LogP contribution >= 0.6 is 0 Å². The standard InChI is InChI=1S/C38H42N4O10/c1-49-29-17-15-24(21-31(29)50-2)9-7-11-25-10-3-4-13-28(25)51-22-33(44)39-19-5-6-20-40-34(45)23-52-30-14-8-12-26-35(30)38(48)42(37(26)47)27-16-18-32(43)41-36(27)46/h3-4,8,10,12-15,17,21,27H,5-7,9,11,16,18-20,22-23H2,1-2H3,(H,39,44)(H,40,45)(H,41,43,46). The normalized spacial score (nSPS) is 15.1. The van der Waals surface area contributed by atoms with Gasteiger partial charge in [0.25, 0.3) is 23.6 Å². The lowest BCUT2D eigenvalue weighted by atomic mass is 10.0. The molecule has 5 rings (SSSR count). The fourth-order valence-corrected chi connectivity index (χ4v) is 6.07. The van der Waals surface area contributed by atoms with Crippen LogP contribution in [0.15, 0.2) is 60.7 Å². The largest absolute Gasteiger partial charge is 0.493 e. The lowest BCUT2D eigenvalue weighted by Gasteiger charge is -2.27. The van der Waals surface area contributed by atoms with Crippen molar-refractivity contribution in [1.82, 2.24) is 20.9 Å². The van der Waals surface area contributed by atoms with E-state index in [0.717, 1.165) is 35.3 Å². The fraction of sp³-hybridized carbons (Fsp3) is 0.368. The zero-order valence-electron chi connectivity index (χ0n) is 29.2. The van der Waals surface area contributed by atoms with E-state index in [9.17, 15) is 28.8 Å². The van der Waals surface area contributed by atoms with Crippen LogP contribution in [-0.2, 0) is 32.0 Å². The molecule has 1 fully saturated rings. The van der Waals surface area contributed by atoms with Gasteiger partial charge in [0.05, 0.1) is 25.3 Å². The molecule has 2 aliphatic heterocycles. The van der Waals surface area contributed by atoms with Gasteiger partial charge in [-0.05, 0) is 80.0 Å². The fourth-order valence-electron chi connectivity index (χ4n) is 6.07. The minimum Gasteiger partial charge on any atom is -0.493 e. The van der Waals surface area contributed by atoms with Crippen LogP contribution in [0, 0.1) is 0 Å². The summed E-state index contributed by atoms with van der Waals surface area (Å²) in [6.45, 7) is 0.210. The van der Waals surface area contributed by atoms with Gasteiger partial charge in [0.1, 0.15) is 17.5 Å². The van der Waals surface area contributed by atoms with Crippen molar-refractivity contribution in [3.63, 3.8) is 0 Å². The number of nitrogens with one attached hydrogen (secondary N) is 3. The molecular formula is C38H42N4O10. The predicted octanol–water partition coefficient (Wildman–Crippen LogP) is 2.75. The number of amides is 6. The third-order valence-electron chi connectivity index (χ3n) is 8.73. The molecule has 0 radical (unpaired) electrons.